The van der Waals surface area contributed by atoms with E-state index in [0.29, 0.717) is 5.56 Å². The second-order valence-electron chi connectivity index (χ2n) is 5.19. The van der Waals surface area contributed by atoms with Crippen molar-refractivity contribution in [1.29, 1.82) is 0 Å². The monoisotopic (exact) mass is 311 g/mol. The van der Waals surface area contributed by atoms with Crippen LogP contribution < -0.4 is 4.74 Å². The van der Waals surface area contributed by atoms with Gasteiger partial charge in [0, 0.05) is 24.1 Å². The van der Waals surface area contributed by atoms with Crippen LogP contribution in [0.25, 0.3) is 6.08 Å². The molecular weight excluding hydrogens is 298 g/mol. The van der Waals surface area contributed by atoms with E-state index in [0.717, 1.165) is 5.56 Å². The Labute approximate surface area is 131 Å². The largest absolute Gasteiger partial charge is 0.424 e. The van der Waals surface area contributed by atoms with Crippen LogP contribution in [-0.2, 0) is 10.4 Å². The van der Waals surface area contributed by atoms with Gasteiger partial charge in [-0.15, -0.1) is 0 Å². The van der Waals surface area contributed by atoms with E-state index in [4.69, 9.17) is 4.74 Å². The molecule has 0 aromatic heterocycles. The quantitative estimate of drug-likeness (QED) is 0.407. The number of rotatable bonds is 3. The van der Waals surface area contributed by atoms with E-state index in [1.807, 2.05) is 12.1 Å². The van der Waals surface area contributed by atoms with Crippen molar-refractivity contribution in [3.63, 3.8) is 0 Å². The maximum Gasteiger partial charge on any atom is 0.348 e. The second kappa shape index (κ2) is 5.66. The van der Waals surface area contributed by atoms with Gasteiger partial charge >= 0.3 is 5.97 Å². The Bertz CT molecular complexity index is 797. The van der Waals surface area contributed by atoms with E-state index in [-0.39, 0.29) is 17.9 Å². The highest BCUT2D eigenvalue weighted by Crippen LogP contribution is 2.35. The lowest BCUT2D eigenvalue weighted by Crippen LogP contribution is -2.40. The molecule has 1 atom stereocenters. The molecular formula is C17H13NO5. The number of carbonyl (C=O) groups is 1. The van der Waals surface area contributed by atoms with Crippen molar-refractivity contribution in [2.75, 3.05) is 0 Å². The van der Waals surface area contributed by atoms with Gasteiger partial charge in [0.25, 0.3) is 5.69 Å². The summed E-state index contributed by atoms with van der Waals surface area (Å²) < 4.78 is 5.20. The van der Waals surface area contributed by atoms with Crippen molar-refractivity contribution in [1.82, 2.24) is 0 Å². The normalized spacial score (nSPS) is 19.0. The van der Waals surface area contributed by atoms with Gasteiger partial charge in [-0.05, 0) is 17.7 Å². The van der Waals surface area contributed by atoms with Gasteiger partial charge in [-0.3, -0.25) is 10.1 Å². The van der Waals surface area contributed by atoms with Gasteiger partial charge in [0.15, 0.2) is 5.60 Å². The highest BCUT2D eigenvalue weighted by atomic mass is 16.6. The summed E-state index contributed by atoms with van der Waals surface area (Å²) in [5.74, 6) is -0.677. The number of hydrogen-bond acceptors (Lipinski definition) is 5. The molecule has 6 heteroatoms. The second-order valence-corrected chi connectivity index (χ2v) is 5.19. The fraction of sp³-hybridized carbons (Fsp3) is 0.118. The van der Waals surface area contributed by atoms with Gasteiger partial charge in [-0.2, -0.15) is 0 Å². The zero-order valence-corrected chi connectivity index (χ0v) is 12.0. The molecule has 0 radical (unpaired) electrons. The van der Waals surface area contributed by atoms with Crippen LogP contribution in [0, 0.1) is 10.1 Å². The number of fused-ring (bicyclic) bond motifs is 1. The molecule has 0 bridgehead atoms. The van der Waals surface area contributed by atoms with Gasteiger partial charge in [-0.25, -0.2) is 4.79 Å². The summed E-state index contributed by atoms with van der Waals surface area (Å²) >= 11 is 0. The average Bonchev–Trinajstić information content (AvgIpc) is 2.56. The van der Waals surface area contributed by atoms with Gasteiger partial charge in [0.2, 0.25) is 0 Å². The maximum absolute atomic E-state index is 12.4. The molecule has 1 aliphatic carbocycles. The van der Waals surface area contributed by atoms with Gasteiger partial charge in [-0.1, -0.05) is 36.4 Å². The highest BCUT2D eigenvalue weighted by Gasteiger charge is 2.41. The van der Waals surface area contributed by atoms with Crippen LogP contribution in [0.15, 0.2) is 54.6 Å². The Morgan fingerprint density at radius 3 is 2.57 bits per heavy atom. The SMILES string of the molecule is O=C(Oc1ccc([N+](=O)[O-])cc1)C1(O)CC=Cc2ccccc21. The number of ether oxygens (including phenoxy) is 1. The Kier molecular flexibility index (Phi) is 3.67. The lowest BCUT2D eigenvalue weighted by Gasteiger charge is -2.29. The first kappa shape index (κ1) is 14.9. The van der Waals surface area contributed by atoms with E-state index in [1.54, 1.807) is 24.3 Å². The van der Waals surface area contributed by atoms with Crippen LogP contribution in [0.3, 0.4) is 0 Å². The number of aliphatic hydroxyl groups is 1. The molecule has 0 saturated carbocycles. The average molecular weight is 311 g/mol. The molecule has 6 nitrogen and oxygen atoms in total. The minimum atomic E-state index is -1.77. The van der Waals surface area contributed by atoms with Crippen LogP contribution in [-0.4, -0.2) is 16.0 Å². The van der Waals surface area contributed by atoms with Crippen molar-refractivity contribution in [2.24, 2.45) is 0 Å². The molecule has 3 rings (SSSR count). The first-order valence-electron chi connectivity index (χ1n) is 6.96. The molecule has 0 saturated heterocycles. The van der Waals surface area contributed by atoms with Crippen LogP contribution >= 0.6 is 0 Å². The lowest BCUT2D eigenvalue weighted by molar-refractivity contribution is -0.384. The van der Waals surface area contributed by atoms with Crippen LogP contribution in [0.2, 0.25) is 0 Å². The van der Waals surface area contributed by atoms with E-state index in [2.05, 4.69) is 0 Å². The van der Waals surface area contributed by atoms with E-state index in [9.17, 15) is 20.0 Å². The minimum absolute atomic E-state index is 0.102. The summed E-state index contributed by atoms with van der Waals surface area (Å²) in [5, 5.41) is 21.4. The minimum Gasteiger partial charge on any atom is -0.424 e. The molecule has 0 fully saturated rings. The summed E-state index contributed by atoms with van der Waals surface area (Å²) in [5.41, 5.74) is -0.640. The molecule has 116 valence electrons. The lowest BCUT2D eigenvalue weighted by atomic mass is 9.83. The van der Waals surface area contributed by atoms with Crippen LogP contribution in [0.5, 0.6) is 5.75 Å². The number of nitro groups is 1. The van der Waals surface area contributed by atoms with Crippen LogP contribution in [0.4, 0.5) is 5.69 Å². The number of benzene rings is 2. The molecule has 0 aliphatic heterocycles. The Morgan fingerprint density at radius 2 is 1.87 bits per heavy atom. The Balaban J connectivity index is 1.86. The first-order chi connectivity index (χ1) is 11.0. The molecule has 1 aliphatic rings. The number of esters is 1. The highest BCUT2D eigenvalue weighted by molar-refractivity contribution is 5.86. The summed E-state index contributed by atoms with van der Waals surface area (Å²) in [6.07, 6.45) is 3.65. The zero-order valence-electron chi connectivity index (χ0n) is 12.0. The van der Waals surface area contributed by atoms with E-state index < -0.39 is 16.5 Å². The number of nitrogens with zero attached hydrogens (tertiary/aromatic N) is 1. The molecule has 2 aromatic rings. The molecule has 0 spiro atoms. The summed E-state index contributed by atoms with van der Waals surface area (Å²) in [7, 11) is 0. The van der Waals surface area contributed by atoms with Crippen molar-refractivity contribution < 1.29 is 19.6 Å². The fourth-order valence-electron chi connectivity index (χ4n) is 2.51. The molecule has 0 amide bonds. The Hall–Kier alpha value is -2.99. The van der Waals surface area contributed by atoms with Crippen molar-refractivity contribution in [3.8, 4) is 5.75 Å². The van der Waals surface area contributed by atoms with Crippen molar-refractivity contribution in [2.45, 2.75) is 12.0 Å². The van der Waals surface area contributed by atoms with Gasteiger partial charge in [0.05, 0.1) is 4.92 Å². The fourth-order valence-corrected chi connectivity index (χ4v) is 2.51. The number of carbonyl (C=O) groups excluding carboxylic acids is 1. The summed E-state index contributed by atoms with van der Waals surface area (Å²) in [4.78, 5) is 22.5. The predicted octanol–water partition coefficient (Wildman–Crippen LogP) is 2.80. The Morgan fingerprint density at radius 1 is 1.17 bits per heavy atom. The van der Waals surface area contributed by atoms with Crippen molar-refractivity contribution >= 4 is 17.7 Å². The van der Waals surface area contributed by atoms with Gasteiger partial charge < -0.3 is 9.84 Å². The smallest absolute Gasteiger partial charge is 0.348 e. The van der Waals surface area contributed by atoms with Gasteiger partial charge in [0.1, 0.15) is 5.75 Å². The van der Waals surface area contributed by atoms with Crippen molar-refractivity contribution in [3.05, 3.63) is 75.8 Å². The predicted molar refractivity (Wildman–Crippen MR) is 82.7 cm³/mol. The number of nitro benzene ring substituents is 1. The summed E-state index contributed by atoms with van der Waals surface area (Å²) in [6.45, 7) is 0. The zero-order chi connectivity index (χ0) is 16.4. The third kappa shape index (κ3) is 2.72. The summed E-state index contributed by atoms with van der Waals surface area (Å²) in [6, 6.07) is 12.2. The standard InChI is InChI=1S/C17H13NO5/c19-16(23-14-9-7-13(8-10-14)18(21)22)17(20)11-3-5-12-4-1-2-6-15(12)17/h1-10,20H,11H2. The molecule has 1 unspecified atom stereocenters. The van der Waals surface area contributed by atoms with E-state index >= 15 is 0 Å². The molecule has 23 heavy (non-hydrogen) atoms. The number of non-ortho nitro benzene ring substituents is 1. The first-order valence-corrected chi connectivity index (χ1v) is 6.96. The molecule has 0 heterocycles. The molecule has 2 aromatic carbocycles. The van der Waals surface area contributed by atoms with Crippen LogP contribution in [0.1, 0.15) is 17.5 Å². The maximum atomic E-state index is 12.4. The topological polar surface area (TPSA) is 89.7 Å². The third-order valence-electron chi connectivity index (χ3n) is 3.71. The third-order valence-corrected chi connectivity index (χ3v) is 3.71. The van der Waals surface area contributed by atoms with E-state index in [1.165, 1.54) is 24.3 Å². The molecule has 1 N–H and O–H groups in total. The number of hydrogen-bond donors (Lipinski definition) is 1.